The van der Waals surface area contributed by atoms with E-state index < -0.39 is 5.97 Å². The predicted octanol–water partition coefficient (Wildman–Crippen LogP) is 2.65. The summed E-state index contributed by atoms with van der Waals surface area (Å²) in [4.78, 5) is 0. The highest BCUT2D eigenvalue weighted by Crippen LogP contribution is 2.00. The van der Waals surface area contributed by atoms with E-state index in [1.54, 1.807) is 6.08 Å². The Morgan fingerprint density at radius 2 is 1.91 bits per heavy atom. The third-order valence-corrected chi connectivity index (χ3v) is 1.22. The van der Waals surface area contributed by atoms with E-state index in [2.05, 4.69) is 0 Å². The Kier molecular flexibility index (Phi) is 2.55. The molecule has 0 saturated carbocycles. The van der Waals surface area contributed by atoms with E-state index in [1.807, 2.05) is 30.3 Å². The number of allylic oxidation sites excluding steroid dienone is 1. The smallest absolute Gasteiger partial charge is 0.205 e. The van der Waals surface area contributed by atoms with Gasteiger partial charge in [0.15, 0.2) is 0 Å². The molecule has 0 aliphatic rings. The second-order valence-corrected chi connectivity index (χ2v) is 2.09. The van der Waals surface area contributed by atoms with Gasteiger partial charge in [0.05, 0.1) is 0 Å². The third-order valence-electron chi connectivity index (χ3n) is 1.22. The van der Waals surface area contributed by atoms with Gasteiger partial charge in [-0.3, -0.25) is 5.41 Å². The Bertz CT molecular complexity index is 264. The molecule has 1 nitrogen and oxygen atoms in total. The number of rotatable bonds is 2. The summed E-state index contributed by atoms with van der Waals surface area (Å²) in [6.45, 7) is 0. The molecule has 11 heavy (non-hydrogen) atoms. The summed E-state index contributed by atoms with van der Waals surface area (Å²) in [7, 11) is 0. The van der Waals surface area contributed by atoms with Crippen molar-refractivity contribution in [2.45, 2.75) is 0 Å². The van der Waals surface area contributed by atoms with Gasteiger partial charge in [-0.05, 0) is 11.6 Å². The van der Waals surface area contributed by atoms with Crippen molar-refractivity contribution in [3.05, 3.63) is 42.0 Å². The minimum Gasteiger partial charge on any atom is -0.274 e. The molecule has 0 unspecified atom stereocenters. The topological polar surface area (TPSA) is 23.9 Å². The first-order valence-corrected chi connectivity index (χ1v) is 3.26. The Hall–Kier alpha value is -1.44. The molecule has 1 aromatic rings. The molecular formula is C9H8FN. The molecule has 0 fully saturated rings. The van der Waals surface area contributed by atoms with Gasteiger partial charge >= 0.3 is 0 Å². The quantitative estimate of drug-likeness (QED) is 0.625. The zero-order valence-electron chi connectivity index (χ0n) is 5.92. The van der Waals surface area contributed by atoms with Crippen LogP contribution in [0.2, 0.25) is 0 Å². The number of nitrogens with one attached hydrogen (secondary N) is 1. The van der Waals surface area contributed by atoms with Crippen LogP contribution in [0.4, 0.5) is 4.39 Å². The molecule has 2 heteroatoms. The van der Waals surface area contributed by atoms with Crippen LogP contribution >= 0.6 is 0 Å². The summed E-state index contributed by atoms with van der Waals surface area (Å²) < 4.78 is 11.9. The van der Waals surface area contributed by atoms with E-state index in [0.717, 1.165) is 11.6 Å². The lowest BCUT2D eigenvalue weighted by molar-refractivity contribution is 0.804. The van der Waals surface area contributed by atoms with Gasteiger partial charge in [0.2, 0.25) is 5.97 Å². The van der Waals surface area contributed by atoms with Crippen molar-refractivity contribution in [1.29, 1.82) is 5.41 Å². The average Bonchev–Trinajstić information content (AvgIpc) is 2.03. The van der Waals surface area contributed by atoms with E-state index in [4.69, 9.17) is 5.41 Å². The molecule has 0 aromatic heterocycles. The maximum atomic E-state index is 11.9. The molecule has 0 spiro atoms. The lowest BCUT2D eigenvalue weighted by atomic mass is 10.2. The van der Waals surface area contributed by atoms with E-state index >= 15 is 0 Å². The van der Waals surface area contributed by atoms with Gasteiger partial charge in [0.25, 0.3) is 0 Å². The Morgan fingerprint density at radius 1 is 1.27 bits per heavy atom. The van der Waals surface area contributed by atoms with Gasteiger partial charge in [-0.1, -0.05) is 36.4 Å². The monoisotopic (exact) mass is 149 g/mol. The molecule has 0 saturated heterocycles. The molecule has 0 bridgehead atoms. The normalized spacial score (nSPS) is 10.3. The number of halogens is 1. The summed E-state index contributed by atoms with van der Waals surface area (Å²) in [5.74, 6) is -0.922. The van der Waals surface area contributed by atoms with E-state index in [1.165, 1.54) is 0 Å². The van der Waals surface area contributed by atoms with Crippen LogP contribution < -0.4 is 0 Å². The SMILES string of the molecule is N=C(F)/C=C/c1ccccc1. The summed E-state index contributed by atoms with van der Waals surface area (Å²) in [5.41, 5.74) is 0.898. The highest BCUT2D eigenvalue weighted by Gasteiger charge is 1.84. The third kappa shape index (κ3) is 2.76. The number of hydrogen-bond acceptors (Lipinski definition) is 1. The van der Waals surface area contributed by atoms with Gasteiger partial charge in [-0.2, -0.15) is 4.39 Å². The highest BCUT2D eigenvalue weighted by atomic mass is 19.1. The minimum atomic E-state index is -0.922. The van der Waals surface area contributed by atoms with Crippen LogP contribution in [0, 0.1) is 5.41 Å². The summed E-state index contributed by atoms with van der Waals surface area (Å²) in [6.07, 6.45) is 2.68. The van der Waals surface area contributed by atoms with E-state index in [0.29, 0.717) is 0 Å². The van der Waals surface area contributed by atoms with Crippen LogP contribution in [0.3, 0.4) is 0 Å². The van der Waals surface area contributed by atoms with E-state index in [-0.39, 0.29) is 0 Å². The average molecular weight is 149 g/mol. The van der Waals surface area contributed by atoms with Crippen molar-refractivity contribution in [2.75, 3.05) is 0 Å². The van der Waals surface area contributed by atoms with Crippen LogP contribution in [0.15, 0.2) is 36.4 Å². The van der Waals surface area contributed by atoms with Crippen LogP contribution in [0.5, 0.6) is 0 Å². The molecule has 0 radical (unpaired) electrons. The van der Waals surface area contributed by atoms with Crippen molar-refractivity contribution >= 4 is 12.0 Å². The van der Waals surface area contributed by atoms with Crippen LogP contribution in [-0.2, 0) is 0 Å². The maximum Gasteiger partial charge on any atom is 0.205 e. The molecule has 0 aliphatic heterocycles. The fraction of sp³-hybridized carbons (Fsp3) is 0. The summed E-state index contributed by atoms with van der Waals surface area (Å²) in [6, 6.07) is 9.31. The predicted molar refractivity (Wildman–Crippen MR) is 44.3 cm³/mol. The van der Waals surface area contributed by atoms with Crippen LogP contribution in [0.1, 0.15) is 5.56 Å². The molecule has 1 rings (SSSR count). The Morgan fingerprint density at radius 3 is 2.45 bits per heavy atom. The zero-order chi connectivity index (χ0) is 8.10. The van der Waals surface area contributed by atoms with Gasteiger partial charge in [0.1, 0.15) is 0 Å². The van der Waals surface area contributed by atoms with Gasteiger partial charge in [-0.15, -0.1) is 0 Å². The lowest BCUT2D eigenvalue weighted by Gasteiger charge is -1.88. The summed E-state index contributed by atoms with van der Waals surface area (Å²) in [5, 5.41) is 6.49. The van der Waals surface area contributed by atoms with Gasteiger partial charge < -0.3 is 0 Å². The standard InChI is InChI=1S/C9H8FN/c10-9(11)7-6-8-4-2-1-3-5-8/h1-7,11H/b7-6+,11-9?. The molecule has 0 atom stereocenters. The van der Waals surface area contributed by atoms with Gasteiger partial charge in [0, 0.05) is 0 Å². The fourth-order valence-corrected chi connectivity index (χ4v) is 0.734. The molecule has 0 aliphatic carbocycles. The zero-order valence-corrected chi connectivity index (χ0v) is 5.92. The Balaban J connectivity index is 2.72. The number of benzene rings is 1. The maximum absolute atomic E-state index is 11.9. The van der Waals surface area contributed by atoms with Gasteiger partial charge in [-0.25, -0.2) is 0 Å². The van der Waals surface area contributed by atoms with Crippen molar-refractivity contribution in [3.8, 4) is 0 Å². The molecule has 56 valence electrons. The van der Waals surface area contributed by atoms with Crippen molar-refractivity contribution in [2.24, 2.45) is 0 Å². The fourth-order valence-electron chi connectivity index (χ4n) is 0.734. The second-order valence-electron chi connectivity index (χ2n) is 2.09. The first-order valence-electron chi connectivity index (χ1n) is 3.26. The first-order chi connectivity index (χ1) is 5.29. The summed E-state index contributed by atoms with van der Waals surface area (Å²) >= 11 is 0. The van der Waals surface area contributed by atoms with Crippen molar-refractivity contribution in [1.82, 2.24) is 0 Å². The largest absolute Gasteiger partial charge is 0.274 e. The molecule has 0 heterocycles. The minimum absolute atomic E-state index is 0.898. The second kappa shape index (κ2) is 3.66. The lowest BCUT2D eigenvalue weighted by Crippen LogP contribution is -1.75. The first kappa shape index (κ1) is 7.66. The molecular weight excluding hydrogens is 141 g/mol. The van der Waals surface area contributed by atoms with Crippen molar-refractivity contribution in [3.63, 3.8) is 0 Å². The molecule has 1 aromatic carbocycles. The number of hydrogen-bond donors (Lipinski definition) is 1. The van der Waals surface area contributed by atoms with Crippen LogP contribution in [0.25, 0.3) is 6.08 Å². The highest BCUT2D eigenvalue weighted by molar-refractivity contribution is 5.88. The molecule has 0 amide bonds. The Labute approximate surface area is 64.7 Å². The van der Waals surface area contributed by atoms with Crippen LogP contribution in [-0.4, -0.2) is 5.97 Å². The van der Waals surface area contributed by atoms with E-state index in [9.17, 15) is 4.39 Å². The van der Waals surface area contributed by atoms with Crippen molar-refractivity contribution < 1.29 is 4.39 Å². The molecule has 1 N–H and O–H groups in total.